The van der Waals surface area contributed by atoms with Gasteiger partial charge in [-0.3, -0.25) is 24.2 Å². The number of aromatic nitrogens is 4. The van der Waals surface area contributed by atoms with Gasteiger partial charge in [-0.2, -0.15) is 4.98 Å². The molecule has 3 aromatic rings. The van der Waals surface area contributed by atoms with Crippen LogP contribution in [0, 0.1) is 12.3 Å². The largest absolute Gasteiger partial charge is 0.481 e. The summed E-state index contributed by atoms with van der Waals surface area (Å²) in [6.07, 6.45) is 6.12. The van der Waals surface area contributed by atoms with Crippen molar-refractivity contribution in [3.05, 3.63) is 52.1 Å². The summed E-state index contributed by atoms with van der Waals surface area (Å²) in [7, 11) is 0. The normalized spacial score (nSPS) is 11.5. The van der Waals surface area contributed by atoms with Crippen molar-refractivity contribution in [2.45, 2.75) is 25.4 Å². The standard InChI is InChI=1S/C34H46N8O11/c1-2-10-48-12-14-50-16-18-52-20-21-53-19-17-51-15-13-49-11-9-36-32(46)27(7-8-28(43)44)40-31(45)24-3-5-25(6-4-24)37-22-26-23-38-30-29(39-26)33(47)42-34(35)41-30/h1,3-6,23,27,37H,7-22H2,(H,36,46)(H,40,45)(H,43,44)(H3,35,38,41,42,47)/t27-/m0/s1. The van der Waals surface area contributed by atoms with E-state index < -0.39 is 29.4 Å². The Morgan fingerprint density at radius 2 is 1.45 bits per heavy atom. The smallest absolute Gasteiger partial charge is 0.303 e. The number of carboxylic acid groups (broad SMARTS) is 1. The van der Waals surface area contributed by atoms with Crippen LogP contribution in [0.15, 0.2) is 35.3 Å². The molecule has 0 aliphatic heterocycles. The summed E-state index contributed by atoms with van der Waals surface area (Å²) >= 11 is 0. The first-order valence-corrected chi connectivity index (χ1v) is 16.8. The monoisotopic (exact) mass is 742 g/mol. The highest BCUT2D eigenvalue weighted by atomic mass is 16.6. The van der Waals surface area contributed by atoms with E-state index in [4.69, 9.17) is 45.7 Å². The van der Waals surface area contributed by atoms with Crippen LogP contribution in [-0.2, 0) is 44.6 Å². The van der Waals surface area contributed by atoms with Gasteiger partial charge in [0.15, 0.2) is 11.2 Å². The summed E-state index contributed by atoms with van der Waals surface area (Å²) in [6, 6.07) is 5.31. The number of rotatable bonds is 28. The molecule has 3 rings (SSSR count). The number of terminal acetylenes is 1. The highest BCUT2D eigenvalue weighted by Crippen LogP contribution is 2.12. The van der Waals surface area contributed by atoms with Crippen molar-refractivity contribution in [1.82, 2.24) is 30.6 Å². The number of hydrogen-bond acceptors (Lipinski definition) is 15. The van der Waals surface area contributed by atoms with Crippen LogP contribution in [0.1, 0.15) is 28.9 Å². The highest BCUT2D eigenvalue weighted by Gasteiger charge is 2.22. The average Bonchev–Trinajstić information content (AvgIpc) is 3.14. The molecule has 2 aromatic heterocycles. The molecule has 1 aromatic carbocycles. The minimum absolute atomic E-state index is 0.0553. The van der Waals surface area contributed by atoms with Gasteiger partial charge in [-0.05, 0) is 30.7 Å². The number of carbonyl (C=O) groups is 3. The molecule has 0 unspecified atom stereocenters. The molecule has 0 saturated heterocycles. The minimum atomic E-state index is -1.10. The second-order valence-electron chi connectivity index (χ2n) is 11.0. The number of carboxylic acids is 1. The topological polar surface area (TPSA) is 260 Å². The van der Waals surface area contributed by atoms with Crippen molar-refractivity contribution in [3.8, 4) is 12.3 Å². The van der Waals surface area contributed by atoms with Gasteiger partial charge in [-0.1, -0.05) is 5.92 Å². The molecule has 0 bridgehead atoms. The van der Waals surface area contributed by atoms with Crippen molar-refractivity contribution < 1.29 is 47.9 Å². The molecule has 0 aliphatic carbocycles. The fourth-order valence-corrected chi connectivity index (χ4v) is 4.37. The zero-order valence-corrected chi connectivity index (χ0v) is 29.3. The second-order valence-corrected chi connectivity index (χ2v) is 11.0. The van der Waals surface area contributed by atoms with E-state index in [9.17, 15) is 19.2 Å². The first kappa shape index (κ1) is 42.2. The van der Waals surface area contributed by atoms with E-state index in [1.54, 1.807) is 24.3 Å². The number of aliphatic carboxylic acids is 1. The number of H-pyrrole nitrogens is 1. The first-order valence-electron chi connectivity index (χ1n) is 16.8. The Balaban J connectivity index is 1.27. The molecule has 0 aliphatic rings. The Labute approximate surface area is 305 Å². The van der Waals surface area contributed by atoms with Crippen LogP contribution in [0.25, 0.3) is 11.2 Å². The van der Waals surface area contributed by atoms with E-state index in [1.807, 2.05) is 0 Å². The summed E-state index contributed by atoms with van der Waals surface area (Å²) < 4.78 is 32.2. The van der Waals surface area contributed by atoms with E-state index in [0.29, 0.717) is 77.5 Å². The lowest BCUT2D eigenvalue weighted by Crippen LogP contribution is -2.47. The van der Waals surface area contributed by atoms with Gasteiger partial charge in [0.2, 0.25) is 11.9 Å². The number of fused-ring (bicyclic) bond motifs is 1. The summed E-state index contributed by atoms with van der Waals surface area (Å²) in [5.41, 5.74) is 6.59. The lowest BCUT2D eigenvalue weighted by Gasteiger charge is -2.18. The number of amides is 2. The molecular weight excluding hydrogens is 696 g/mol. The van der Waals surface area contributed by atoms with Crippen LogP contribution in [0.2, 0.25) is 0 Å². The number of nitrogens with two attached hydrogens (primary N) is 1. The Kier molecular flexibility index (Phi) is 19.8. The molecule has 1 atom stereocenters. The minimum Gasteiger partial charge on any atom is -0.481 e. The molecule has 19 nitrogen and oxygen atoms in total. The van der Waals surface area contributed by atoms with Crippen LogP contribution in [-0.4, -0.2) is 135 Å². The Morgan fingerprint density at radius 1 is 0.868 bits per heavy atom. The third-order valence-electron chi connectivity index (χ3n) is 6.97. The van der Waals surface area contributed by atoms with Crippen molar-refractivity contribution >= 4 is 40.6 Å². The van der Waals surface area contributed by atoms with Crippen molar-refractivity contribution in [2.24, 2.45) is 0 Å². The van der Waals surface area contributed by atoms with Crippen LogP contribution in [0.5, 0.6) is 0 Å². The maximum Gasteiger partial charge on any atom is 0.303 e. The fraction of sp³-hybridized carbons (Fsp3) is 0.500. The predicted octanol–water partition coefficient (Wildman–Crippen LogP) is -0.280. The number of anilines is 2. The van der Waals surface area contributed by atoms with Crippen molar-refractivity contribution in [1.29, 1.82) is 0 Å². The van der Waals surface area contributed by atoms with Gasteiger partial charge < -0.3 is 55.2 Å². The zero-order valence-electron chi connectivity index (χ0n) is 29.3. The molecule has 0 saturated carbocycles. The van der Waals surface area contributed by atoms with Crippen molar-refractivity contribution in [3.63, 3.8) is 0 Å². The number of nitrogens with one attached hydrogen (secondary N) is 4. The predicted molar refractivity (Wildman–Crippen MR) is 191 cm³/mol. The molecule has 53 heavy (non-hydrogen) atoms. The van der Waals surface area contributed by atoms with Crippen molar-refractivity contribution in [2.75, 3.05) is 96.9 Å². The molecule has 19 heteroatoms. The van der Waals surface area contributed by atoms with Crippen LogP contribution in [0.4, 0.5) is 11.6 Å². The van der Waals surface area contributed by atoms with E-state index in [0.717, 1.165) is 0 Å². The number of nitrogens with zero attached hydrogens (tertiary/aromatic N) is 3. The third-order valence-corrected chi connectivity index (χ3v) is 6.97. The quantitative estimate of drug-likeness (QED) is 0.0413. The molecule has 7 N–H and O–H groups in total. The van der Waals surface area contributed by atoms with Crippen LogP contribution in [0.3, 0.4) is 0 Å². The maximum absolute atomic E-state index is 12.9. The van der Waals surface area contributed by atoms with Gasteiger partial charge in [0.1, 0.15) is 12.6 Å². The number of carbonyl (C=O) groups excluding carboxylic acids is 2. The molecule has 288 valence electrons. The maximum atomic E-state index is 12.9. The molecular formula is C34H46N8O11. The van der Waals surface area contributed by atoms with Gasteiger partial charge in [0, 0.05) is 24.2 Å². The molecule has 2 amide bonds. The average molecular weight is 743 g/mol. The van der Waals surface area contributed by atoms with E-state index in [2.05, 4.69) is 41.8 Å². The van der Waals surface area contributed by atoms with Gasteiger partial charge in [0.25, 0.3) is 11.5 Å². The van der Waals surface area contributed by atoms with Gasteiger partial charge in [-0.25, -0.2) is 9.97 Å². The first-order chi connectivity index (χ1) is 25.8. The summed E-state index contributed by atoms with van der Waals surface area (Å²) in [5, 5.41) is 17.5. The lowest BCUT2D eigenvalue weighted by atomic mass is 10.1. The SMILES string of the molecule is C#CCOCCOCCOCCOCCOCCOCCNC(=O)[C@H](CCC(=O)O)NC(=O)c1ccc(NCc2cnc3nc(N)[nH]c(=O)c3n2)cc1. The molecule has 0 fully saturated rings. The van der Waals surface area contributed by atoms with Gasteiger partial charge in [0.05, 0.1) is 91.1 Å². The third kappa shape index (κ3) is 17.2. The number of aromatic amines is 1. The van der Waals surface area contributed by atoms with Gasteiger partial charge in [-0.15, -0.1) is 6.42 Å². The number of hydrogen-bond donors (Lipinski definition) is 6. The highest BCUT2D eigenvalue weighted by molar-refractivity contribution is 5.97. The Hall–Kier alpha value is -5.23. The van der Waals surface area contributed by atoms with E-state index >= 15 is 0 Å². The molecule has 0 spiro atoms. The summed E-state index contributed by atoms with van der Waals surface area (Å²) in [6.45, 7) is 4.89. The number of ether oxygens (including phenoxy) is 6. The fourth-order valence-electron chi connectivity index (χ4n) is 4.37. The molecule has 0 radical (unpaired) electrons. The van der Waals surface area contributed by atoms with E-state index in [-0.39, 0.29) is 61.8 Å². The summed E-state index contributed by atoms with van der Waals surface area (Å²) in [4.78, 5) is 63.7. The Morgan fingerprint density at radius 3 is 2.04 bits per heavy atom. The second kappa shape index (κ2) is 24.9. The number of benzene rings is 1. The van der Waals surface area contributed by atoms with Crippen LogP contribution >= 0.6 is 0 Å². The Bertz CT molecular complexity index is 1670. The zero-order chi connectivity index (χ0) is 38.1. The van der Waals surface area contributed by atoms with E-state index in [1.165, 1.54) is 6.20 Å². The summed E-state index contributed by atoms with van der Waals surface area (Å²) in [5.74, 6) is 0.131. The molecule has 2 heterocycles. The number of nitrogen functional groups attached to an aromatic ring is 1. The van der Waals surface area contributed by atoms with Crippen LogP contribution < -0.4 is 27.2 Å². The van der Waals surface area contributed by atoms with Gasteiger partial charge >= 0.3 is 5.97 Å². The lowest BCUT2D eigenvalue weighted by molar-refractivity contribution is -0.137.